The summed E-state index contributed by atoms with van der Waals surface area (Å²) in [7, 11) is 1.58. The summed E-state index contributed by atoms with van der Waals surface area (Å²) in [5, 5.41) is 2.60. The molecule has 2 amide bonds. The van der Waals surface area contributed by atoms with Crippen LogP contribution in [0.25, 0.3) is 0 Å². The zero-order chi connectivity index (χ0) is 13.8. The highest BCUT2D eigenvalue weighted by atomic mass is 16.5. The predicted molar refractivity (Wildman–Crippen MR) is 70.3 cm³/mol. The molecule has 0 spiro atoms. The Hall–Kier alpha value is -1.14. The molecule has 2 rings (SSSR count). The molecule has 0 radical (unpaired) electrons. The van der Waals surface area contributed by atoms with E-state index < -0.39 is 6.04 Å². The predicted octanol–water partition coefficient (Wildman–Crippen LogP) is -0.665. The molecule has 6 heteroatoms. The summed E-state index contributed by atoms with van der Waals surface area (Å²) in [6.07, 6.45) is 2.95. The molecule has 1 aliphatic heterocycles. The van der Waals surface area contributed by atoms with Gasteiger partial charge in [0.05, 0.1) is 13.2 Å². The number of nitrogens with one attached hydrogen (secondary N) is 1. The topological polar surface area (TPSA) is 84.7 Å². The summed E-state index contributed by atoms with van der Waals surface area (Å²) >= 11 is 0. The lowest BCUT2D eigenvalue weighted by Gasteiger charge is -2.36. The van der Waals surface area contributed by atoms with Gasteiger partial charge in [0.15, 0.2) is 0 Å². The summed E-state index contributed by atoms with van der Waals surface area (Å²) < 4.78 is 5.32. The normalized spacial score (nSPS) is 31.3. The number of morpholine rings is 1. The van der Waals surface area contributed by atoms with Gasteiger partial charge in [-0.1, -0.05) is 6.42 Å². The number of carbonyl (C=O) groups is 2. The standard InChI is InChI=1S/C13H23N3O3/c1-15-12(17)11-8-19-6-5-16(11)13(18)10-4-2-3-9(10)7-14/h9-11H,2-8,14H2,1H3,(H,15,17). The smallest absolute Gasteiger partial charge is 0.244 e. The highest BCUT2D eigenvalue weighted by molar-refractivity contribution is 5.89. The van der Waals surface area contributed by atoms with Crippen LogP contribution in [0.5, 0.6) is 0 Å². The highest BCUT2D eigenvalue weighted by Gasteiger charge is 2.39. The molecule has 1 saturated carbocycles. The van der Waals surface area contributed by atoms with E-state index in [-0.39, 0.29) is 30.3 Å². The summed E-state index contributed by atoms with van der Waals surface area (Å²) in [5.41, 5.74) is 5.74. The van der Waals surface area contributed by atoms with Crippen LogP contribution in [-0.2, 0) is 14.3 Å². The fourth-order valence-electron chi connectivity index (χ4n) is 3.11. The summed E-state index contributed by atoms with van der Waals surface area (Å²) in [6, 6.07) is -0.495. The van der Waals surface area contributed by atoms with Gasteiger partial charge in [-0.15, -0.1) is 0 Å². The van der Waals surface area contributed by atoms with E-state index in [2.05, 4.69) is 5.32 Å². The zero-order valence-electron chi connectivity index (χ0n) is 11.4. The van der Waals surface area contributed by atoms with Crippen molar-refractivity contribution in [3.05, 3.63) is 0 Å². The zero-order valence-corrected chi connectivity index (χ0v) is 11.4. The lowest BCUT2D eigenvalue weighted by atomic mass is 9.94. The van der Waals surface area contributed by atoms with Gasteiger partial charge in [0.1, 0.15) is 6.04 Å². The van der Waals surface area contributed by atoms with Gasteiger partial charge in [-0.2, -0.15) is 0 Å². The molecule has 108 valence electrons. The van der Waals surface area contributed by atoms with Gasteiger partial charge in [-0.05, 0) is 25.3 Å². The summed E-state index contributed by atoms with van der Waals surface area (Å²) in [4.78, 5) is 26.2. The van der Waals surface area contributed by atoms with Crippen molar-refractivity contribution in [2.24, 2.45) is 17.6 Å². The Balaban J connectivity index is 2.09. The molecular weight excluding hydrogens is 246 g/mol. The van der Waals surface area contributed by atoms with E-state index in [9.17, 15) is 9.59 Å². The first-order valence-electron chi connectivity index (χ1n) is 6.99. The van der Waals surface area contributed by atoms with Crippen LogP contribution in [0.1, 0.15) is 19.3 Å². The van der Waals surface area contributed by atoms with E-state index >= 15 is 0 Å². The van der Waals surface area contributed by atoms with E-state index in [0.29, 0.717) is 19.7 Å². The Morgan fingerprint density at radius 1 is 1.42 bits per heavy atom. The van der Waals surface area contributed by atoms with Crippen molar-refractivity contribution in [3.63, 3.8) is 0 Å². The van der Waals surface area contributed by atoms with Gasteiger partial charge in [0.2, 0.25) is 11.8 Å². The van der Waals surface area contributed by atoms with Crippen molar-refractivity contribution in [2.75, 3.05) is 33.4 Å². The third-order valence-electron chi connectivity index (χ3n) is 4.24. The first-order valence-corrected chi connectivity index (χ1v) is 6.99. The van der Waals surface area contributed by atoms with Gasteiger partial charge in [0, 0.05) is 19.5 Å². The third-order valence-corrected chi connectivity index (χ3v) is 4.24. The van der Waals surface area contributed by atoms with Crippen LogP contribution >= 0.6 is 0 Å². The Bertz CT molecular complexity index is 348. The van der Waals surface area contributed by atoms with Crippen LogP contribution in [0, 0.1) is 11.8 Å². The maximum Gasteiger partial charge on any atom is 0.244 e. The second kappa shape index (κ2) is 6.34. The number of likely N-dealkylation sites (N-methyl/N-ethyl adjacent to an activating group) is 1. The lowest BCUT2D eigenvalue weighted by Crippen LogP contribution is -2.57. The monoisotopic (exact) mass is 269 g/mol. The minimum absolute atomic E-state index is 0.0183. The molecule has 2 aliphatic rings. The molecule has 2 fully saturated rings. The average molecular weight is 269 g/mol. The Morgan fingerprint density at radius 2 is 2.21 bits per heavy atom. The van der Waals surface area contributed by atoms with Crippen LogP contribution in [0.4, 0.5) is 0 Å². The molecule has 1 heterocycles. The number of ether oxygens (including phenoxy) is 1. The van der Waals surface area contributed by atoms with E-state index in [1.807, 2.05) is 0 Å². The Kier molecular flexibility index (Phi) is 4.76. The molecule has 19 heavy (non-hydrogen) atoms. The molecule has 0 aromatic carbocycles. The van der Waals surface area contributed by atoms with Crippen LogP contribution in [0.3, 0.4) is 0 Å². The first-order chi connectivity index (χ1) is 9.19. The van der Waals surface area contributed by atoms with Crippen molar-refractivity contribution >= 4 is 11.8 Å². The van der Waals surface area contributed by atoms with Crippen LogP contribution in [-0.4, -0.2) is 56.1 Å². The molecule has 1 aliphatic carbocycles. The molecule has 0 bridgehead atoms. The van der Waals surface area contributed by atoms with Crippen LogP contribution in [0.15, 0.2) is 0 Å². The summed E-state index contributed by atoms with van der Waals surface area (Å²) in [6.45, 7) is 1.82. The van der Waals surface area contributed by atoms with Crippen LogP contribution in [0.2, 0.25) is 0 Å². The third kappa shape index (κ3) is 2.90. The minimum atomic E-state index is -0.495. The van der Waals surface area contributed by atoms with Gasteiger partial charge >= 0.3 is 0 Å². The average Bonchev–Trinajstić information content (AvgIpc) is 2.94. The minimum Gasteiger partial charge on any atom is -0.377 e. The van der Waals surface area contributed by atoms with Gasteiger partial charge in [-0.3, -0.25) is 9.59 Å². The fraction of sp³-hybridized carbons (Fsp3) is 0.846. The molecule has 0 aromatic heterocycles. The number of nitrogens with zero attached hydrogens (tertiary/aromatic N) is 1. The SMILES string of the molecule is CNC(=O)C1COCCN1C(=O)C1CCCC1CN. The second-order valence-electron chi connectivity index (χ2n) is 5.27. The molecular formula is C13H23N3O3. The molecule has 3 N–H and O–H groups in total. The van der Waals surface area contributed by atoms with E-state index in [4.69, 9.17) is 10.5 Å². The number of nitrogens with two attached hydrogens (primary N) is 1. The molecule has 3 unspecified atom stereocenters. The number of hydrogen-bond donors (Lipinski definition) is 2. The maximum absolute atomic E-state index is 12.6. The maximum atomic E-state index is 12.6. The molecule has 1 saturated heterocycles. The summed E-state index contributed by atoms with van der Waals surface area (Å²) in [5.74, 6) is 0.163. The largest absolute Gasteiger partial charge is 0.377 e. The number of amides is 2. The number of carbonyl (C=O) groups excluding carboxylic acids is 2. The Morgan fingerprint density at radius 3 is 2.89 bits per heavy atom. The van der Waals surface area contributed by atoms with Crippen molar-refractivity contribution < 1.29 is 14.3 Å². The van der Waals surface area contributed by atoms with Gasteiger partial charge in [0.25, 0.3) is 0 Å². The van der Waals surface area contributed by atoms with Crippen molar-refractivity contribution in [3.8, 4) is 0 Å². The van der Waals surface area contributed by atoms with E-state index in [1.165, 1.54) is 0 Å². The van der Waals surface area contributed by atoms with Gasteiger partial charge in [-0.25, -0.2) is 0 Å². The molecule has 3 atom stereocenters. The molecule has 0 aromatic rings. The molecule has 6 nitrogen and oxygen atoms in total. The fourth-order valence-corrected chi connectivity index (χ4v) is 3.11. The van der Waals surface area contributed by atoms with Crippen molar-refractivity contribution in [1.82, 2.24) is 10.2 Å². The Labute approximate surface area is 113 Å². The van der Waals surface area contributed by atoms with Gasteiger partial charge < -0.3 is 20.7 Å². The lowest BCUT2D eigenvalue weighted by molar-refractivity contribution is -0.152. The second-order valence-corrected chi connectivity index (χ2v) is 5.27. The van der Waals surface area contributed by atoms with Crippen molar-refractivity contribution in [1.29, 1.82) is 0 Å². The van der Waals surface area contributed by atoms with Crippen molar-refractivity contribution in [2.45, 2.75) is 25.3 Å². The number of rotatable bonds is 3. The highest BCUT2D eigenvalue weighted by Crippen LogP contribution is 2.33. The van der Waals surface area contributed by atoms with E-state index in [1.54, 1.807) is 11.9 Å². The number of hydrogen-bond acceptors (Lipinski definition) is 4. The van der Waals surface area contributed by atoms with Crippen LogP contribution < -0.4 is 11.1 Å². The first kappa shape index (κ1) is 14.3. The van der Waals surface area contributed by atoms with E-state index in [0.717, 1.165) is 19.3 Å². The quantitative estimate of drug-likeness (QED) is 0.712.